The Kier molecular flexibility index (Phi) is 4.91. The van der Waals surface area contributed by atoms with Crippen LogP contribution < -0.4 is 0 Å². The Bertz CT molecular complexity index is 487. The van der Waals surface area contributed by atoms with Gasteiger partial charge in [0.15, 0.2) is 0 Å². The molecule has 0 heterocycles. The smallest absolute Gasteiger partial charge is 0.279 e. The topological polar surface area (TPSA) is 144 Å². The molecule has 0 aliphatic rings. The minimum atomic E-state index is -6.26. The highest BCUT2D eigenvalue weighted by Gasteiger charge is 2.53. The van der Waals surface area contributed by atoms with Gasteiger partial charge in [-0.2, -0.15) is 34.4 Å². The van der Waals surface area contributed by atoms with Crippen LogP contribution in [0.15, 0.2) is 0 Å². The number of hydrogen-bond acceptors (Lipinski definition) is 7. The molecule has 9 nitrogen and oxygen atoms in total. The van der Waals surface area contributed by atoms with Gasteiger partial charge in [0.25, 0.3) is 0 Å². The number of hydrogen-bond donors (Lipinski definition) is 2. The lowest BCUT2D eigenvalue weighted by Gasteiger charge is -2.16. The summed E-state index contributed by atoms with van der Waals surface area (Å²) in [5.74, 6) is 0. The molecule has 0 radical (unpaired) electrons. The van der Waals surface area contributed by atoms with Crippen molar-refractivity contribution in [2.45, 2.75) is 10.9 Å². The summed E-state index contributed by atoms with van der Waals surface area (Å²) in [5.41, 5.74) is -11.1. The molecular formula is C2H3F4O9PS2. The van der Waals surface area contributed by atoms with Crippen molar-refractivity contribution in [1.82, 2.24) is 0 Å². The molecule has 0 amide bonds. The maximum absolute atomic E-state index is 12.3. The Morgan fingerprint density at radius 2 is 1.06 bits per heavy atom. The normalized spacial score (nSPS) is 15.1. The first-order chi connectivity index (χ1) is 7.60. The predicted octanol–water partition coefficient (Wildman–Crippen LogP) is 0.286. The minimum Gasteiger partial charge on any atom is -0.279 e. The van der Waals surface area contributed by atoms with E-state index >= 15 is 0 Å². The monoisotopic (exact) mass is 342 g/mol. The van der Waals surface area contributed by atoms with Gasteiger partial charge < -0.3 is 0 Å². The average molecular weight is 342 g/mol. The van der Waals surface area contributed by atoms with E-state index in [1.165, 1.54) is 0 Å². The van der Waals surface area contributed by atoms with Crippen LogP contribution in [0, 0.1) is 0 Å². The van der Waals surface area contributed by atoms with Gasteiger partial charge in [-0.05, 0) is 0 Å². The van der Waals surface area contributed by atoms with Crippen LogP contribution in [0.3, 0.4) is 0 Å². The van der Waals surface area contributed by atoms with E-state index < -0.39 is 39.4 Å². The SMILES string of the molecule is O=[PH](OC(F)(F)S(=O)(=O)O)OC(F)(F)S(=O)(=O)O. The molecule has 110 valence electrons. The fourth-order valence-corrected chi connectivity index (χ4v) is 2.00. The van der Waals surface area contributed by atoms with Crippen LogP contribution in [-0.4, -0.2) is 36.8 Å². The molecule has 0 unspecified atom stereocenters. The Morgan fingerprint density at radius 1 is 0.833 bits per heavy atom. The highest BCUT2D eigenvalue weighted by molar-refractivity contribution is 7.87. The van der Waals surface area contributed by atoms with Crippen molar-refractivity contribution < 1.29 is 57.1 Å². The highest BCUT2D eigenvalue weighted by atomic mass is 32.2. The van der Waals surface area contributed by atoms with Gasteiger partial charge in [0.2, 0.25) is 0 Å². The Hall–Kier alpha value is -0.310. The molecular weight excluding hydrogens is 339 g/mol. The van der Waals surface area contributed by atoms with Gasteiger partial charge in [0, 0.05) is 0 Å². The summed E-state index contributed by atoms with van der Waals surface area (Å²) in [6.07, 6.45) is 0. The van der Waals surface area contributed by atoms with E-state index in [-0.39, 0.29) is 0 Å². The maximum Gasteiger partial charge on any atom is 0.494 e. The fourth-order valence-electron chi connectivity index (χ4n) is 0.320. The molecule has 0 rings (SSSR count). The van der Waals surface area contributed by atoms with Crippen LogP contribution in [0.2, 0.25) is 0 Å². The lowest BCUT2D eigenvalue weighted by atomic mass is 11.5. The molecule has 0 bridgehead atoms. The largest absolute Gasteiger partial charge is 0.494 e. The lowest BCUT2D eigenvalue weighted by Crippen LogP contribution is -2.32. The van der Waals surface area contributed by atoms with Gasteiger partial charge in [0.1, 0.15) is 0 Å². The standard InChI is InChI=1S/C2H3F4O9PS2/c3-1(4,17(8,9)10)14-16(7)15-2(5,6)18(11,12)13/h16H,(H,8,9,10)(H,11,12,13). The first-order valence-corrected chi connectivity index (χ1v) is 7.32. The van der Waals surface area contributed by atoms with Gasteiger partial charge >= 0.3 is 39.4 Å². The summed E-state index contributed by atoms with van der Waals surface area (Å²) in [6, 6.07) is 0. The van der Waals surface area contributed by atoms with E-state index in [2.05, 4.69) is 9.05 Å². The third kappa shape index (κ3) is 4.42. The number of alkyl halides is 4. The molecule has 2 N–H and O–H groups in total. The molecule has 16 heteroatoms. The van der Waals surface area contributed by atoms with E-state index in [0.29, 0.717) is 0 Å². The summed E-state index contributed by atoms with van der Waals surface area (Å²) in [7, 11) is -17.6. The second-order valence-corrected chi connectivity index (χ2v) is 6.09. The molecule has 0 aromatic heterocycles. The molecule has 0 aliphatic heterocycles. The van der Waals surface area contributed by atoms with Gasteiger partial charge in [-0.25, -0.2) is 9.05 Å². The van der Waals surface area contributed by atoms with E-state index in [1.807, 2.05) is 0 Å². The predicted molar refractivity (Wildman–Crippen MR) is 44.2 cm³/mol. The second kappa shape index (κ2) is 4.99. The molecule has 0 aromatic carbocycles. The van der Waals surface area contributed by atoms with Crippen LogP contribution >= 0.6 is 8.25 Å². The van der Waals surface area contributed by atoms with Crippen molar-refractivity contribution >= 4 is 28.5 Å². The molecule has 0 aliphatic carbocycles. The van der Waals surface area contributed by atoms with Crippen molar-refractivity contribution in [2.75, 3.05) is 0 Å². The van der Waals surface area contributed by atoms with Crippen LogP contribution in [0.25, 0.3) is 0 Å². The Balaban J connectivity index is 4.96. The summed E-state index contributed by atoms with van der Waals surface area (Å²) < 4.78 is 120. The second-order valence-electron chi connectivity index (χ2n) is 2.33. The molecule has 0 spiro atoms. The van der Waals surface area contributed by atoms with Crippen molar-refractivity contribution in [2.24, 2.45) is 0 Å². The fraction of sp³-hybridized carbons (Fsp3) is 1.00. The van der Waals surface area contributed by atoms with Crippen LogP contribution in [0.1, 0.15) is 0 Å². The van der Waals surface area contributed by atoms with Crippen molar-refractivity contribution in [3.05, 3.63) is 0 Å². The summed E-state index contributed by atoms with van der Waals surface area (Å²) >= 11 is 0. The zero-order valence-electron chi connectivity index (χ0n) is 7.58. The van der Waals surface area contributed by atoms with Crippen LogP contribution in [0.5, 0.6) is 0 Å². The van der Waals surface area contributed by atoms with Crippen LogP contribution in [-0.2, 0) is 33.8 Å². The summed E-state index contributed by atoms with van der Waals surface area (Å²) in [4.78, 5) is 0. The molecule has 0 fully saturated rings. The van der Waals surface area contributed by atoms with Gasteiger partial charge in [0.05, 0.1) is 0 Å². The third-order valence-electron chi connectivity index (χ3n) is 1.00. The number of halogens is 4. The zero-order valence-corrected chi connectivity index (χ0v) is 10.2. The quantitative estimate of drug-likeness (QED) is 0.395. The Labute approximate surface area is 97.1 Å². The van der Waals surface area contributed by atoms with Crippen molar-refractivity contribution in [1.29, 1.82) is 0 Å². The molecule has 18 heavy (non-hydrogen) atoms. The zero-order chi connectivity index (χ0) is 15.0. The third-order valence-corrected chi connectivity index (χ3v) is 3.51. The maximum atomic E-state index is 12.3. The summed E-state index contributed by atoms with van der Waals surface area (Å²) in [6.45, 7) is 0. The first-order valence-electron chi connectivity index (χ1n) is 3.22. The molecule has 0 atom stereocenters. The highest BCUT2D eigenvalue weighted by Crippen LogP contribution is 2.42. The van der Waals surface area contributed by atoms with Crippen molar-refractivity contribution in [3.8, 4) is 0 Å². The molecule has 0 saturated carbocycles. The molecule has 0 saturated heterocycles. The minimum absolute atomic E-state index is 2.63. The number of rotatable bonds is 6. The van der Waals surface area contributed by atoms with E-state index in [0.717, 1.165) is 0 Å². The Morgan fingerprint density at radius 3 is 1.22 bits per heavy atom. The van der Waals surface area contributed by atoms with E-state index in [4.69, 9.17) is 9.11 Å². The van der Waals surface area contributed by atoms with Gasteiger partial charge in [-0.3, -0.25) is 13.7 Å². The van der Waals surface area contributed by atoms with Crippen molar-refractivity contribution in [3.63, 3.8) is 0 Å². The van der Waals surface area contributed by atoms with Gasteiger partial charge in [-0.15, -0.1) is 0 Å². The first kappa shape index (κ1) is 17.7. The average Bonchev–Trinajstić information content (AvgIpc) is 1.95. The van der Waals surface area contributed by atoms with Crippen LogP contribution in [0.4, 0.5) is 17.6 Å². The van der Waals surface area contributed by atoms with E-state index in [9.17, 15) is 39.0 Å². The lowest BCUT2D eigenvalue weighted by molar-refractivity contribution is -0.141. The van der Waals surface area contributed by atoms with E-state index in [1.54, 1.807) is 0 Å². The summed E-state index contributed by atoms with van der Waals surface area (Å²) in [5, 5.41) is 0. The van der Waals surface area contributed by atoms with Gasteiger partial charge in [-0.1, -0.05) is 0 Å². The molecule has 0 aromatic rings.